The molecule has 0 spiro atoms. The Bertz CT molecular complexity index is 405. The van der Waals surface area contributed by atoms with Crippen molar-refractivity contribution in [3.63, 3.8) is 0 Å². The zero-order chi connectivity index (χ0) is 11.7. The van der Waals surface area contributed by atoms with Crippen LogP contribution in [0.5, 0.6) is 0 Å². The molecule has 0 bridgehead atoms. The number of rotatable bonds is 4. The maximum Gasteiger partial charge on any atom is 0.344 e. The Morgan fingerprint density at radius 2 is 2.50 bits per heavy atom. The summed E-state index contributed by atoms with van der Waals surface area (Å²) in [6.45, 7) is 2.16. The third kappa shape index (κ3) is 1.97. The zero-order valence-corrected chi connectivity index (χ0v) is 10.1. The summed E-state index contributed by atoms with van der Waals surface area (Å²) in [5, 5.41) is 4.02. The number of methoxy groups -OCH3 is 1. The molecular formula is C10H15N3O2S. The fourth-order valence-corrected chi connectivity index (χ4v) is 2.51. The van der Waals surface area contributed by atoms with Gasteiger partial charge in [0.05, 0.1) is 7.11 Å². The number of carbonyl (C=O) groups is 1. The van der Waals surface area contributed by atoms with E-state index in [2.05, 4.69) is 21.4 Å². The van der Waals surface area contributed by atoms with Gasteiger partial charge >= 0.3 is 5.97 Å². The molecule has 1 fully saturated rings. The lowest BCUT2D eigenvalue weighted by atomic mass is 10.3. The Morgan fingerprint density at radius 3 is 3.06 bits per heavy atom. The zero-order valence-electron chi connectivity index (χ0n) is 9.32. The summed E-state index contributed by atoms with van der Waals surface area (Å²) in [5.41, 5.74) is 6.01. The van der Waals surface area contributed by atoms with Crippen molar-refractivity contribution in [3.8, 4) is 0 Å². The van der Waals surface area contributed by atoms with E-state index in [0.717, 1.165) is 17.8 Å². The molecule has 0 saturated heterocycles. The highest BCUT2D eigenvalue weighted by molar-refractivity contribution is 7.11. The lowest BCUT2D eigenvalue weighted by molar-refractivity contribution is 0.0603. The standard InChI is InChI=1S/C10H15N3O2S/c1-3-5-4-6(5)12-9-7(10(14)15-2)8(11)13-16-9/h5-6,12H,3-4H2,1-2H3,(H2,11,13). The average molecular weight is 241 g/mol. The van der Waals surface area contributed by atoms with Crippen LogP contribution in [-0.4, -0.2) is 23.5 Å². The lowest BCUT2D eigenvalue weighted by Gasteiger charge is -2.04. The van der Waals surface area contributed by atoms with E-state index in [1.807, 2.05) is 0 Å². The average Bonchev–Trinajstić information content (AvgIpc) is 2.94. The molecular weight excluding hydrogens is 226 g/mol. The normalized spacial score (nSPS) is 22.9. The Kier molecular flexibility index (Phi) is 3.00. The minimum atomic E-state index is -0.428. The highest BCUT2D eigenvalue weighted by Crippen LogP contribution is 2.39. The van der Waals surface area contributed by atoms with Gasteiger partial charge in [-0.2, -0.15) is 4.37 Å². The molecule has 1 aliphatic rings. The number of esters is 1. The third-order valence-electron chi connectivity index (χ3n) is 2.87. The maximum atomic E-state index is 11.5. The Labute approximate surface area is 98.1 Å². The van der Waals surface area contributed by atoms with E-state index < -0.39 is 5.97 Å². The molecule has 1 aliphatic carbocycles. The molecule has 16 heavy (non-hydrogen) atoms. The van der Waals surface area contributed by atoms with Crippen LogP contribution in [0, 0.1) is 5.92 Å². The SMILES string of the molecule is CCC1CC1Nc1snc(N)c1C(=O)OC. The first kappa shape index (κ1) is 11.2. The molecule has 1 aromatic heterocycles. The molecule has 3 N–H and O–H groups in total. The molecule has 1 saturated carbocycles. The van der Waals surface area contributed by atoms with Crippen LogP contribution in [0.2, 0.25) is 0 Å². The summed E-state index contributed by atoms with van der Waals surface area (Å²) >= 11 is 1.21. The molecule has 2 unspecified atom stereocenters. The first-order valence-corrected chi connectivity index (χ1v) is 6.04. The van der Waals surface area contributed by atoms with E-state index in [0.29, 0.717) is 17.5 Å². The van der Waals surface area contributed by atoms with Gasteiger partial charge < -0.3 is 15.8 Å². The minimum absolute atomic E-state index is 0.244. The Hall–Kier alpha value is -1.30. The van der Waals surface area contributed by atoms with Crippen LogP contribution in [-0.2, 0) is 4.74 Å². The second-order valence-corrected chi connectivity index (χ2v) is 4.69. The van der Waals surface area contributed by atoms with Gasteiger partial charge in [-0.25, -0.2) is 4.79 Å². The number of carbonyl (C=O) groups excluding carboxylic acids is 1. The van der Waals surface area contributed by atoms with E-state index in [-0.39, 0.29) is 5.82 Å². The number of nitrogen functional groups attached to an aromatic ring is 1. The molecule has 0 radical (unpaired) electrons. The Morgan fingerprint density at radius 1 is 1.75 bits per heavy atom. The van der Waals surface area contributed by atoms with Gasteiger partial charge in [-0.3, -0.25) is 0 Å². The molecule has 6 heteroatoms. The van der Waals surface area contributed by atoms with Crippen LogP contribution in [0.4, 0.5) is 10.8 Å². The van der Waals surface area contributed by atoms with Crippen LogP contribution in [0.3, 0.4) is 0 Å². The summed E-state index contributed by atoms with van der Waals surface area (Å²) in [6, 6.07) is 0.452. The van der Waals surface area contributed by atoms with Crippen molar-refractivity contribution in [1.82, 2.24) is 4.37 Å². The van der Waals surface area contributed by atoms with Crippen LogP contribution < -0.4 is 11.1 Å². The maximum absolute atomic E-state index is 11.5. The number of nitrogens with two attached hydrogens (primary N) is 1. The van der Waals surface area contributed by atoms with Crippen LogP contribution in [0.25, 0.3) is 0 Å². The predicted octanol–water partition coefficient (Wildman–Crippen LogP) is 1.72. The second kappa shape index (κ2) is 4.29. The Balaban J connectivity index is 2.12. The van der Waals surface area contributed by atoms with Crippen molar-refractivity contribution in [2.45, 2.75) is 25.8 Å². The highest BCUT2D eigenvalue weighted by Gasteiger charge is 2.36. The quantitative estimate of drug-likeness (QED) is 0.785. The fraction of sp³-hybridized carbons (Fsp3) is 0.600. The van der Waals surface area contributed by atoms with Gasteiger partial charge in [-0.1, -0.05) is 13.3 Å². The lowest BCUT2D eigenvalue weighted by Crippen LogP contribution is -2.10. The summed E-state index contributed by atoms with van der Waals surface area (Å²) < 4.78 is 8.65. The van der Waals surface area contributed by atoms with Gasteiger partial charge in [0.25, 0.3) is 0 Å². The van der Waals surface area contributed by atoms with Gasteiger partial charge in [-0.05, 0) is 23.9 Å². The van der Waals surface area contributed by atoms with E-state index >= 15 is 0 Å². The van der Waals surface area contributed by atoms with Crippen molar-refractivity contribution >= 4 is 28.3 Å². The van der Waals surface area contributed by atoms with Gasteiger partial charge in [0.15, 0.2) is 5.82 Å². The molecule has 2 atom stereocenters. The monoisotopic (exact) mass is 241 g/mol. The fourth-order valence-electron chi connectivity index (χ4n) is 1.74. The topological polar surface area (TPSA) is 77.2 Å². The molecule has 1 heterocycles. The largest absolute Gasteiger partial charge is 0.465 e. The van der Waals surface area contributed by atoms with Crippen molar-refractivity contribution < 1.29 is 9.53 Å². The van der Waals surface area contributed by atoms with E-state index in [1.165, 1.54) is 18.6 Å². The van der Waals surface area contributed by atoms with Gasteiger partial charge in [-0.15, -0.1) is 0 Å². The number of nitrogens with zero attached hydrogens (tertiary/aromatic N) is 1. The smallest absolute Gasteiger partial charge is 0.344 e. The minimum Gasteiger partial charge on any atom is -0.465 e. The van der Waals surface area contributed by atoms with Crippen LogP contribution in [0.15, 0.2) is 0 Å². The van der Waals surface area contributed by atoms with Gasteiger partial charge in [0.1, 0.15) is 10.6 Å². The first-order chi connectivity index (χ1) is 7.67. The molecule has 0 aromatic carbocycles. The van der Waals surface area contributed by atoms with Crippen molar-refractivity contribution in [1.29, 1.82) is 0 Å². The van der Waals surface area contributed by atoms with Gasteiger partial charge in [0, 0.05) is 6.04 Å². The van der Waals surface area contributed by atoms with Gasteiger partial charge in [0.2, 0.25) is 0 Å². The first-order valence-electron chi connectivity index (χ1n) is 5.27. The van der Waals surface area contributed by atoms with Crippen LogP contribution >= 0.6 is 11.5 Å². The van der Waals surface area contributed by atoms with Crippen molar-refractivity contribution in [3.05, 3.63) is 5.56 Å². The highest BCUT2D eigenvalue weighted by atomic mass is 32.1. The second-order valence-electron chi connectivity index (χ2n) is 3.92. The molecule has 1 aromatic rings. The molecule has 5 nitrogen and oxygen atoms in total. The number of aromatic nitrogens is 1. The molecule has 0 amide bonds. The summed E-state index contributed by atoms with van der Waals surface area (Å²) in [6.07, 6.45) is 2.30. The number of anilines is 2. The molecule has 2 rings (SSSR count). The number of ether oxygens (including phenoxy) is 1. The van der Waals surface area contributed by atoms with E-state index in [4.69, 9.17) is 5.73 Å². The van der Waals surface area contributed by atoms with Crippen molar-refractivity contribution in [2.75, 3.05) is 18.2 Å². The molecule has 88 valence electrons. The summed E-state index contributed by atoms with van der Waals surface area (Å²) in [4.78, 5) is 11.5. The summed E-state index contributed by atoms with van der Waals surface area (Å²) in [5.74, 6) is 0.518. The number of hydrogen-bond donors (Lipinski definition) is 2. The van der Waals surface area contributed by atoms with Crippen molar-refractivity contribution in [2.24, 2.45) is 5.92 Å². The predicted molar refractivity (Wildman–Crippen MR) is 63.7 cm³/mol. The van der Waals surface area contributed by atoms with Crippen LogP contribution in [0.1, 0.15) is 30.1 Å². The number of nitrogens with one attached hydrogen (secondary N) is 1. The third-order valence-corrected chi connectivity index (χ3v) is 3.66. The number of hydrogen-bond acceptors (Lipinski definition) is 6. The van der Waals surface area contributed by atoms with E-state index in [9.17, 15) is 4.79 Å². The summed E-state index contributed by atoms with van der Waals surface area (Å²) in [7, 11) is 1.34. The van der Waals surface area contributed by atoms with E-state index in [1.54, 1.807) is 0 Å². The molecule has 0 aliphatic heterocycles.